The zero-order valence-electron chi connectivity index (χ0n) is 12.0. The fraction of sp³-hybridized carbons (Fsp3) is 0.769. The number of piperidine rings is 1. The third-order valence-corrected chi connectivity index (χ3v) is 4.34. The fourth-order valence-electron chi connectivity index (χ4n) is 2.70. The van der Waals surface area contributed by atoms with Crippen LogP contribution in [0.3, 0.4) is 0 Å². The Kier molecular flexibility index (Phi) is 3.71. The van der Waals surface area contributed by atoms with Crippen molar-refractivity contribution in [2.45, 2.75) is 25.5 Å². The van der Waals surface area contributed by atoms with Gasteiger partial charge in [-0.15, -0.1) is 5.10 Å². The van der Waals surface area contributed by atoms with Crippen LogP contribution in [-0.2, 0) is 4.74 Å². The first-order valence-electron chi connectivity index (χ1n) is 7.13. The molecule has 1 amide bonds. The monoisotopic (exact) mass is 279 g/mol. The molecule has 3 rings (SSSR count). The highest BCUT2D eigenvalue weighted by Gasteiger charge is 2.31. The van der Waals surface area contributed by atoms with E-state index < -0.39 is 0 Å². The molecule has 110 valence electrons. The van der Waals surface area contributed by atoms with Crippen molar-refractivity contribution in [2.24, 2.45) is 5.92 Å². The molecule has 3 heterocycles. The minimum absolute atomic E-state index is 0.0440. The van der Waals surface area contributed by atoms with Crippen molar-refractivity contribution in [1.82, 2.24) is 25.2 Å². The number of nitrogens with one attached hydrogen (secondary N) is 1. The number of amides is 1. The molecule has 2 saturated heterocycles. The van der Waals surface area contributed by atoms with Crippen molar-refractivity contribution >= 4 is 5.91 Å². The van der Waals surface area contributed by atoms with Gasteiger partial charge in [-0.05, 0) is 12.3 Å². The van der Waals surface area contributed by atoms with E-state index in [2.05, 4.69) is 22.6 Å². The number of carbonyl (C=O) groups excluding carboxylic acids is 1. The lowest BCUT2D eigenvalue weighted by Gasteiger charge is -2.35. The van der Waals surface area contributed by atoms with Crippen LogP contribution in [0, 0.1) is 5.92 Å². The number of ether oxygens (including phenoxy) is 1. The summed E-state index contributed by atoms with van der Waals surface area (Å²) in [6.45, 7) is 5.34. The third kappa shape index (κ3) is 2.43. The molecule has 0 spiro atoms. The van der Waals surface area contributed by atoms with Crippen LogP contribution in [0.4, 0.5) is 0 Å². The number of methoxy groups -OCH3 is 1. The summed E-state index contributed by atoms with van der Waals surface area (Å²) in [6.07, 6.45) is 2.83. The molecule has 1 N–H and O–H groups in total. The second kappa shape index (κ2) is 5.49. The maximum Gasteiger partial charge on any atom is 0.276 e. The number of likely N-dealkylation sites (tertiary alicyclic amines) is 1. The Labute approximate surface area is 118 Å². The summed E-state index contributed by atoms with van der Waals surface area (Å²) < 4.78 is 7.23. The molecule has 1 aromatic rings. The molecule has 0 bridgehead atoms. The van der Waals surface area contributed by atoms with Crippen molar-refractivity contribution < 1.29 is 9.53 Å². The lowest BCUT2D eigenvalue weighted by molar-refractivity contribution is -0.00177. The van der Waals surface area contributed by atoms with Crippen molar-refractivity contribution in [3.63, 3.8) is 0 Å². The van der Waals surface area contributed by atoms with Crippen LogP contribution < -0.4 is 5.32 Å². The lowest BCUT2D eigenvalue weighted by atomic mass is 9.95. The molecule has 2 unspecified atom stereocenters. The Bertz CT molecular complexity index is 485. The summed E-state index contributed by atoms with van der Waals surface area (Å²) in [6, 6.07) is 0.331. The second-order valence-corrected chi connectivity index (χ2v) is 5.69. The number of hydrogen-bond donors (Lipinski definition) is 1. The van der Waals surface area contributed by atoms with E-state index in [1.807, 2.05) is 4.90 Å². The van der Waals surface area contributed by atoms with Crippen LogP contribution in [0.5, 0.6) is 0 Å². The average Bonchev–Trinajstić information content (AvgIpc) is 2.86. The highest BCUT2D eigenvalue weighted by atomic mass is 16.5. The summed E-state index contributed by atoms with van der Waals surface area (Å²) in [4.78, 5) is 14.3. The Hall–Kier alpha value is -1.47. The second-order valence-electron chi connectivity index (χ2n) is 5.69. The van der Waals surface area contributed by atoms with E-state index in [1.165, 1.54) is 0 Å². The lowest BCUT2D eigenvalue weighted by Crippen LogP contribution is -2.46. The van der Waals surface area contributed by atoms with Gasteiger partial charge in [0.05, 0.1) is 18.3 Å². The van der Waals surface area contributed by atoms with Gasteiger partial charge in [-0.1, -0.05) is 12.1 Å². The molecule has 2 fully saturated rings. The number of nitrogens with zero attached hydrogens (tertiary/aromatic N) is 4. The van der Waals surface area contributed by atoms with Gasteiger partial charge in [0.2, 0.25) is 0 Å². The predicted molar refractivity (Wildman–Crippen MR) is 72.4 cm³/mol. The maximum atomic E-state index is 12.4. The minimum atomic E-state index is -0.0440. The molecule has 7 heteroatoms. The first kappa shape index (κ1) is 13.5. The molecule has 2 aliphatic rings. The van der Waals surface area contributed by atoms with Gasteiger partial charge in [0, 0.05) is 33.3 Å². The summed E-state index contributed by atoms with van der Waals surface area (Å²) >= 11 is 0. The SMILES string of the molecule is COC1CN(C(=O)c2cn(C3CNC3)nn2)CCC1C. The number of rotatable bonds is 3. The summed E-state index contributed by atoms with van der Waals surface area (Å²) in [5, 5.41) is 11.3. The van der Waals surface area contributed by atoms with Crippen LogP contribution in [0.1, 0.15) is 29.9 Å². The first-order valence-corrected chi connectivity index (χ1v) is 7.13. The zero-order valence-corrected chi connectivity index (χ0v) is 12.0. The quantitative estimate of drug-likeness (QED) is 0.838. The Morgan fingerprint density at radius 3 is 2.95 bits per heavy atom. The molecule has 0 radical (unpaired) electrons. The minimum Gasteiger partial charge on any atom is -0.379 e. The topological polar surface area (TPSA) is 72.3 Å². The largest absolute Gasteiger partial charge is 0.379 e. The fourth-order valence-corrected chi connectivity index (χ4v) is 2.70. The Morgan fingerprint density at radius 1 is 1.50 bits per heavy atom. The van der Waals surface area contributed by atoms with Gasteiger partial charge < -0.3 is 15.0 Å². The van der Waals surface area contributed by atoms with Gasteiger partial charge >= 0.3 is 0 Å². The van der Waals surface area contributed by atoms with E-state index in [-0.39, 0.29) is 12.0 Å². The van der Waals surface area contributed by atoms with Crippen LogP contribution >= 0.6 is 0 Å². The van der Waals surface area contributed by atoms with Crippen molar-refractivity contribution in [3.8, 4) is 0 Å². The van der Waals surface area contributed by atoms with Gasteiger partial charge in [-0.3, -0.25) is 4.79 Å². The maximum absolute atomic E-state index is 12.4. The van der Waals surface area contributed by atoms with Crippen LogP contribution in [0.2, 0.25) is 0 Å². The number of aromatic nitrogens is 3. The Morgan fingerprint density at radius 2 is 2.30 bits per heavy atom. The normalized spacial score (nSPS) is 27.4. The smallest absolute Gasteiger partial charge is 0.276 e. The molecule has 1 aromatic heterocycles. The number of carbonyl (C=O) groups is 1. The van der Waals surface area contributed by atoms with Crippen LogP contribution in [0.15, 0.2) is 6.20 Å². The van der Waals surface area contributed by atoms with Gasteiger partial charge in [0.1, 0.15) is 0 Å². The van der Waals surface area contributed by atoms with E-state index in [4.69, 9.17) is 4.74 Å². The van der Waals surface area contributed by atoms with Crippen molar-refractivity contribution in [2.75, 3.05) is 33.3 Å². The first-order chi connectivity index (χ1) is 9.69. The van der Waals surface area contributed by atoms with Gasteiger partial charge in [0.25, 0.3) is 5.91 Å². The predicted octanol–water partition coefficient (Wildman–Crippen LogP) is -0.0806. The van der Waals surface area contributed by atoms with E-state index in [0.29, 0.717) is 24.2 Å². The van der Waals surface area contributed by atoms with E-state index in [1.54, 1.807) is 18.0 Å². The molecule has 2 atom stereocenters. The zero-order chi connectivity index (χ0) is 14.1. The van der Waals surface area contributed by atoms with E-state index >= 15 is 0 Å². The summed E-state index contributed by atoms with van der Waals surface area (Å²) in [7, 11) is 1.70. The van der Waals surface area contributed by atoms with Gasteiger partial charge in [0.15, 0.2) is 5.69 Å². The molecular weight excluding hydrogens is 258 g/mol. The standard InChI is InChI=1S/C13H21N5O2/c1-9-3-4-17(8-12(9)20-2)13(19)11-7-18(16-15-11)10-5-14-6-10/h7,9-10,12,14H,3-6,8H2,1-2H3. The molecule has 0 aliphatic carbocycles. The van der Waals surface area contributed by atoms with Crippen molar-refractivity contribution in [1.29, 1.82) is 0 Å². The third-order valence-electron chi connectivity index (χ3n) is 4.34. The van der Waals surface area contributed by atoms with E-state index in [0.717, 1.165) is 26.1 Å². The highest BCUT2D eigenvalue weighted by Crippen LogP contribution is 2.21. The molecule has 2 aliphatic heterocycles. The van der Waals surface area contributed by atoms with Crippen LogP contribution in [-0.4, -0.2) is 65.2 Å². The summed E-state index contributed by atoms with van der Waals surface area (Å²) in [5.74, 6) is 0.443. The van der Waals surface area contributed by atoms with Gasteiger partial charge in [-0.2, -0.15) is 0 Å². The van der Waals surface area contributed by atoms with Crippen molar-refractivity contribution in [3.05, 3.63) is 11.9 Å². The molecule has 20 heavy (non-hydrogen) atoms. The van der Waals surface area contributed by atoms with E-state index in [9.17, 15) is 4.79 Å². The Balaban J connectivity index is 1.67. The molecule has 0 saturated carbocycles. The highest BCUT2D eigenvalue weighted by molar-refractivity contribution is 5.92. The van der Waals surface area contributed by atoms with Gasteiger partial charge in [-0.25, -0.2) is 4.68 Å². The molecule has 7 nitrogen and oxygen atoms in total. The van der Waals surface area contributed by atoms with Crippen LogP contribution in [0.25, 0.3) is 0 Å². The molecular formula is C13H21N5O2. The number of hydrogen-bond acceptors (Lipinski definition) is 5. The molecule has 0 aromatic carbocycles. The summed E-state index contributed by atoms with van der Waals surface area (Å²) in [5.41, 5.74) is 0.432. The average molecular weight is 279 g/mol.